The quantitative estimate of drug-likeness (QED) is 0.139. The lowest BCUT2D eigenvalue weighted by Crippen LogP contribution is -2.30. The minimum atomic E-state index is -0.0485. The average molecular weight is 623 g/mol. The van der Waals surface area contributed by atoms with Crippen molar-refractivity contribution < 1.29 is 28.5 Å². The molecule has 12 nitrogen and oxygen atoms in total. The molecule has 2 aromatic heterocycles. The second-order valence-electron chi connectivity index (χ2n) is 10.4. The van der Waals surface area contributed by atoms with Crippen LogP contribution in [0.1, 0.15) is 41.7 Å². The Kier molecular flexibility index (Phi) is 14.9. The summed E-state index contributed by atoms with van der Waals surface area (Å²) < 4.78 is 22.8. The zero-order valence-corrected chi connectivity index (χ0v) is 27.0. The second kappa shape index (κ2) is 19.1. The summed E-state index contributed by atoms with van der Waals surface area (Å²) in [7, 11) is 3.18. The lowest BCUT2D eigenvalue weighted by atomic mass is 9.98. The van der Waals surface area contributed by atoms with Crippen molar-refractivity contribution >= 4 is 11.8 Å². The third-order valence-corrected chi connectivity index (χ3v) is 7.00. The minimum Gasteiger partial charge on any atom is -0.481 e. The lowest BCUT2D eigenvalue weighted by Gasteiger charge is -2.14. The van der Waals surface area contributed by atoms with E-state index in [2.05, 4.69) is 56.4 Å². The van der Waals surface area contributed by atoms with E-state index < -0.39 is 0 Å². The number of nitrogens with one attached hydrogen (secondary N) is 4. The molecule has 0 atom stereocenters. The van der Waals surface area contributed by atoms with E-state index in [1.54, 1.807) is 14.2 Å². The molecule has 0 bridgehead atoms. The highest BCUT2D eigenvalue weighted by atomic mass is 16.5. The number of pyridine rings is 2. The van der Waals surface area contributed by atoms with Gasteiger partial charge < -0.3 is 40.2 Å². The fourth-order valence-corrected chi connectivity index (χ4v) is 4.60. The Hall–Kier alpha value is -4.42. The molecule has 244 valence electrons. The van der Waals surface area contributed by atoms with Gasteiger partial charge in [-0.05, 0) is 35.7 Å². The van der Waals surface area contributed by atoms with Crippen molar-refractivity contribution in [1.29, 1.82) is 0 Å². The number of methoxy groups -OCH3 is 2. The van der Waals surface area contributed by atoms with Gasteiger partial charge in [-0.1, -0.05) is 18.2 Å². The van der Waals surface area contributed by atoms with E-state index in [-0.39, 0.29) is 11.8 Å². The van der Waals surface area contributed by atoms with Crippen LogP contribution in [0.4, 0.5) is 0 Å². The van der Waals surface area contributed by atoms with Crippen molar-refractivity contribution in [3.63, 3.8) is 0 Å². The molecule has 3 rings (SSSR count). The molecule has 0 saturated heterocycles. The molecule has 0 aliphatic carbocycles. The normalized spacial score (nSPS) is 10.7. The average Bonchev–Trinajstić information content (AvgIpc) is 3.02. The molecule has 3 aromatic rings. The van der Waals surface area contributed by atoms with Crippen molar-refractivity contribution in [2.45, 2.75) is 46.7 Å². The maximum absolute atomic E-state index is 11.0. The maximum Gasteiger partial charge on any atom is 0.220 e. The van der Waals surface area contributed by atoms with Crippen LogP contribution in [0.3, 0.4) is 0 Å². The molecule has 0 unspecified atom stereocenters. The standard InChI is InChI=1S/C33H46N6O6/c1-23-26(13-19-44-30-11-9-28(32(38-30)42-4)21-34-15-17-36-24(2)40)7-6-8-27(23)14-20-45-31-12-10-29(33(39-31)43-5)22-35-16-18-37-25(3)41/h6-12,34-35H,13-22H2,1-5H3,(H,36,40)(H,37,41). The lowest BCUT2D eigenvalue weighted by molar-refractivity contribution is -0.119. The summed E-state index contributed by atoms with van der Waals surface area (Å²) in [5.74, 6) is 1.93. The Morgan fingerprint density at radius 2 is 1.09 bits per heavy atom. The van der Waals surface area contributed by atoms with Gasteiger partial charge in [0.1, 0.15) is 0 Å². The molecule has 0 radical (unpaired) electrons. The van der Waals surface area contributed by atoms with Gasteiger partial charge >= 0.3 is 0 Å². The van der Waals surface area contributed by atoms with Gasteiger partial charge in [0, 0.05) is 89.2 Å². The summed E-state index contributed by atoms with van der Waals surface area (Å²) in [6.45, 7) is 9.61. The van der Waals surface area contributed by atoms with Crippen molar-refractivity contribution in [2.75, 3.05) is 53.6 Å². The Labute approximate surface area is 265 Å². The molecular formula is C33H46N6O6. The molecule has 4 N–H and O–H groups in total. The number of benzene rings is 1. The first-order valence-corrected chi connectivity index (χ1v) is 15.1. The summed E-state index contributed by atoms with van der Waals surface area (Å²) in [4.78, 5) is 31.0. The second-order valence-corrected chi connectivity index (χ2v) is 10.4. The number of carbonyl (C=O) groups excluding carboxylic acids is 2. The molecule has 2 heterocycles. The maximum atomic E-state index is 11.0. The summed E-state index contributed by atoms with van der Waals surface area (Å²) >= 11 is 0. The number of ether oxygens (including phenoxy) is 4. The van der Waals surface area contributed by atoms with Crippen molar-refractivity contribution in [3.8, 4) is 23.5 Å². The molecule has 1 aromatic carbocycles. The van der Waals surface area contributed by atoms with Gasteiger partial charge in [0.2, 0.25) is 35.3 Å². The molecule has 0 aliphatic heterocycles. The number of aromatic nitrogens is 2. The Balaban J connectivity index is 1.46. The molecule has 45 heavy (non-hydrogen) atoms. The van der Waals surface area contributed by atoms with Crippen molar-refractivity contribution in [1.82, 2.24) is 31.2 Å². The van der Waals surface area contributed by atoms with Gasteiger partial charge in [0.25, 0.3) is 0 Å². The highest BCUT2D eigenvalue weighted by Crippen LogP contribution is 2.22. The van der Waals surface area contributed by atoms with E-state index in [4.69, 9.17) is 18.9 Å². The van der Waals surface area contributed by atoms with Gasteiger partial charge in [0.15, 0.2) is 0 Å². The third kappa shape index (κ3) is 12.2. The molecular weight excluding hydrogens is 576 g/mol. The smallest absolute Gasteiger partial charge is 0.220 e. The molecule has 12 heteroatoms. The van der Waals surface area contributed by atoms with Gasteiger partial charge in [-0.2, -0.15) is 9.97 Å². The van der Waals surface area contributed by atoms with Crippen LogP contribution in [0.2, 0.25) is 0 Å². The van der Waals surface area contributed by atoms with E-state index in [0.29, 0.717) is 76.0 Å². The highest BCUT2D eigenvalue weighted by Gasteiger charge is 2.11. The first kappa shape index (κ1) is 35.1. The Morgan fingerprint density at radius 1 is 0.644 bits per heavy atom. The van der Waals surface area contributed by atoms with Crippen molar-refractivity contribution in [2.24, 2.45) is 0 Å². The topological polar surface area (TPSA) is 145 Å². The van der Waals surface area contributed by atoms with Crippen LogP contribution in [-0.4, -0.2) is 75.4 Å². The molecule has 0 saturated carbocycles. The monoisotopic (exact) mass is 622 g/mol. The first-order valence-electron chi connectivity index (χ1n) is 15.1. The van der Waals surface area contributed by atoms with Crippen LogP contribution in [0, 0.1) is 6.92 Å². The Bertz CT molecular complexity index is 1290. The summed E-state index contributed by atoms with van der Waals surface area (Å²) in [5, 5.41) is 12.0. The van der Waals surface area contributed by atoms with Crippen LogP contribution in [0.25, 0.3) is 0 Å². The summed E-state index contributed by atoms with van der Waals surface area (Å²) in [5.41, 5.74) is 5.44. The number of hydrogen-bond acceptors (Lipinski definition) is 10. The van der Waals surface area contributed by atoms with Gasteiger partial charge in [0.05, 0.1) is 27.4 Å². The predicted molar refractivity (Wildman–Crippen MR) is 172 cm³/mol. The largest absolute Gasteiger partial charge is 0.481 e. The van der Waals surface area contributed by atoms with Crippen LogP contribution in [0.15, 0.2) is 42.5 Å². The third-order valence-electron chi connectivity index (χ3n) is 7.00. The number of carbonyl (C=O) groups is 2. The zero-order chi connectivity index (χ0) is 32.4. The number of nitrogens with zero attached hydrogens (tertiary/aromatic N) is 2. The molecule has 0 aliphatic rings. The van der Waals surface area contributed by atoms with Gasteiger partial charge in [-0.15, -0.1) is 0 Å². The SMILES string of the molecule is COc1nc(OCCc2cccc(CCOc3ccc(CNCCNC(C)=O)c(OC)n3)c2C)ccc1CNCCNC(C)=O. The van der Waals surface area contributed by atoms with Crippen LogP contribution in [-0.2, 0) is 35.5 Å². The molecule has 0 spiro atoms. The number of hydrogen-bond donors (Lipinski definition) is 4. The number of rotatable bonds is 20. The van der Waals surface area contributed by atoms with E-state index in [9.17, 15) is 9.59 Å². The minimum absolute atomic E-state index is 0.0485. The fraction of sp³-hybridized carbons (Fsp3) is 0.455. The zero-order valence-electron chi connectivity index (χ0n) is 27.0. The Morgan fingerprint density at radius 3 is 1.49 bits per heavy atom. The van der Waals surface area contributed by atoms with Crippen LogP contribution < -0.4 is 40.2 Å². The van der Waals surface area contributed by atoms with Crippen molar-refractivity contribution in [3.05, 3.63) is 70.3 Å². The van der Waals surface area contributed by atoms with E-state index >= 15 is 0 Å². The highest BCUT2D eigenvalue weighted by molar-refractivity contribution is 5.73. The van der Waals surface area contributed by atoms with Crippen LogP contribution in [0.5, 0.6) is 23.5 Å². The van der Waals surface area contributed by atoms with Gasteiger partial charge in [-0.25, -0.2) is 0 Å². The molecule has 0 fully saturated rings. The number of amides is 2. The summed E-state index contributed by atoms with van der Waals surface area (Å²) in [6, 6.07) is 13.8. The van der Waals surface area contributed by atoms with E-state index in [0.717, 1.165) is 24.0 Å². The van der Waals surface area contributed by atoms with Crippen LogP contribution >= 0.6 is 0 Å². The predicted octanol–water partition coefficient (Wildman–Crippen LogP) is 2.50. The molecule has 2 amide bonds. The fourth-order valence-electron chi connectivity index (χ4n) is 4.60. The van der Waals surface area contributed by atoms with E-state index in [1.807, 2.05) is 24.3 Å². The van der Waals surface area contributed by atoms with Gasteiger partial charge in [-0.3, -0.25) is 9.59 Å². The van der Waals surface area contributed by atoms with E-state index in [1.165, 1.54) is 30.5 Å². The first-order chi connectivity index (χ1) is 21.8. The summed E-state index contributed by atoms with van der Waals surface area (Å²) in [6.07, 6.45) is 1.46.